The third-order valence-corrected chi connectivity index (χ3v) is 6.60. The Balaban J connectivity index is 1.68. The third kappa shape index (κ3) is 2.68. The summed E-state index contributed by atoms with van der Waals surface area (Å²) in [5, 5.41) is 1.12. The first-order chi connectivity index (χ1) is 11.7. The zero-order chi connectivity index (χ0) is 16.7. The van der Waals surface area contributed by atoms with Gasteiger partial charge in [-0.25, -0.2) is 0 Å². The molecule has 0 spiro atoms. The maximum absolute atomic E-state index is 7.03. The highest BCUT2D eigenvalue weighted by Gasteiger charge is 2.42. The Bertz CT molecular complexity index is 735. The van der Waals surface area contributed by atoms with Crippen LogP contribution >= 0.6 is 11.6 Å². The summed E-state index contributed by atoms with van der Waals surface area (Å²) in [4.78, 5) is 7.11. The number of fused-ring (bicyclic) bond motifs is 4. The molecule has 0 N–H and O–H groups in total. The summed E-state index contributed by atoms with van der Waals surface area (Å²) < 4.78 is 5.40. The lowest BCUT2D eigenvalue weighted by Gasteiger charge is -2.51. The number of piperidine rings is 3. The van der Waals surface area contributed by atoms with Gasteiger partial charge in [-0.05, 0) is 61.1 Å². The van der Waals surface area contributed by atoms with Gasteiger partial charge in [0.1, 0.15) is 5.75 Å². The van der Waals surface area contributed by atoms with Crippen LogP contribution in [0.1, 0.15) is 37.1 Å². The lowest BCUT2D eigenvalue weighted by molar-refractivity contribution is -0.00173. The Hall–Kier alpha value is -1.32. The van der Waals surface area contributed by atoms with Crippen molar-refractivity contribution in [3.05, 3.63) is 36.0 Å². The van der Waals surface area contributed by atoms with E-state index in [1.807, 2.05) is 18.3 Å². The molecule has 0 aliphatic carbocycles. The zero-order valence-corrected chi connectivity index (χ0v) is 15.2. The smallest absolute Gasteiger partial charge is 0.119 e. The Morgan fingerprint density at radius 2 is 2.25 bits per heavy atom. The molecule has 3 fully saturated rings. The molecule has 2 aromatic rings. The van der Waals surface area contributed by atoms with Crippen molar-refractivity contribution < 1.29 is 4.74 Å². The summed E-state index contributed by atoms with van der Waals surface area (Å²) in [6, 6.07) is 8.56. The minimum absolute atomic E-state index is 0.00297. The summed E-state index contributed by atoms with van der Waals surface area (Å²) in [6.07, 6.45) is 5.73. The van der Waals surface area contributed by atoms with Crippen LogP contribution < -0.4 is 4.74 Å². The van der Waals surface area contributed by atoms with Crippen LogP contribution in [0.25, 0.3) is 10.9 Å². The highest BCUT2D eigenvalue weighted by atomic mass is 35.5. The fourth-order valence-electron chi connectivity index (χ4n) is 4.67. The van der Waals surface area contributed by atoms with Crippen LogP contribution in [-0.4, -0.2) is 36.1 Å². The topological polar surface area (TPSA) is 25.4 Å². The summed E-state index contributed by atoms with van der Waals surface area (Å²) in [7, 11) is 1.70. The van der Waals surface area contributed by atoms with Gasteiger partial charge in [0, 0.05) is 24.2 Å². The predicted molar refractivity (Wildman–Crippen MR) is 98.8 cm³/mol. The Morgan fingerprint density at radius 1 is 1.38 bits per heavy atom. The summed E-state index contributed by atoms with van der Waals surface area (Å²) in [5.41, 5.74) is 2.17. The first-order valence-corrected chi connectivity index (χ1v) is 9.45. The van der Waals surface area contributed by atoms with Gasteiger partial charge in [-0.2, -0.15) is 0 Å². The molecule has 4 heteroatoms. The molecule has 5 rings (SSSR count). The Morgan fingerprint density at radius 3 is 2.96 bits per heavy atom. The molecule has 3 nitrogen and oxygen atoms in total. The quantitative estimate of drug-likeness (QED) is 0.755. The van der Waals surface area contributed by atoms with E-state index in [0.717, 1.165) is 28.5 Å². The van der Waals surface area contributed by atoms with Crippen LogP contribution in [0.3, 0.4) is 0 Å². The molecule has 2 bridgehead atoms. The van der Waals surface area contributed by atoms with E-state index in [9.17, 15) is 0 Å². The predicted octanol–water partition coefficient (Wildman–Crippen LogP) is 4.64. The largest absolute Gasteiger partial charge is 0.497 e. The second-order valence-corrected chi connectivity index (χ2v) is 7.67. The van der Waals surface area contributed by atoms with Crippen molar-refractivity contribution >= 4 is 22.5 Å². The SMILES string of the molecule is CC[C@H]1CN2CC[C@H]1C[C@H]2[C@H](Cl)c1ccnc2ccc(OC)cc12. The maximum atomic E-state index is 7.03. The fraction of sp³-hybridized carbons (Fsp3) is 0.550. The number of rotatable bonds is 4. The third-order valence-electron chi connectivity index (χ3n) is 6.08. The van der Waals surface area contributed by atoms with Crippen molar-refractivity contribution in [3.63, 3.8) is 0 Å². The summed E-state index contributed by atoms with van der Waals surface area (Å²) in [5.74, 6) is 2.55. The zero-order valence-electron chi connectivity index (χ0n) is 14.4. The molecule has 0 radical (unpaired) electrons. The van der Waals surface area contributed by atoms with E-state index in [1.165, 1.54) is 37.9 Å². The number of alkyl halides is 1. The Labute approximate surface area is 149 Å². The van der Waals surface area contributed by atoms with Crippen molar-refractivity contribution in [1.82, 2.24) is 9.88 Å². The number of hydrogen-bond acceptors (Lipinski definition) is 3. The van der Waals surface area contributed by atoms with E-state index in [4.69, 9.17) is 16.3 Å². The van der Waals surface area contributed by atoms with Crippen molar-refractivity contribution in [2.24, 2.45) is 11.8 Å². The summed E-state index contributed by atoms with van der Waals surface area (Å²) >= 11 is 7.03. The molecule has 24 heavy (non-hydrogen) atoms. The number of hydrogen-bond donors (Lipinski definition) is 0. The number of nitrogens with zero attached hydrogens (tertiary/aromatic N) is 2. The van der Waals surface area contributed by atoms with Crippen LogP contribution in [0.5, 0.6) is 5.75 Å². The van der Waals surface area contributed by atoms with Crippen LogP contribution in [0, 0.1) is 11.8 Å². The second-order valence-electron chi connectivity index (χ2n) is 7.20. The molecule has 3 aliphatic heterocycles. The number of benzene rings is 1. The first kappa shape index (κ1) is 16.2. The van der Waals surface area contributed by atoms with E-state index in [-0.39, 0.29) is 5.38 Å². The maximum Gasteiger partial charge on any atom is 0.119 e. The monoisotopic (exact) mass is 344 g/mol. The fourth-order valence-corrected chi connectivity index (χ4v) is 5.12. The molecule has 0 saturated carbocycles. The highest BCUT2D eigenvalue weighted by molar-refractivity contribution is 6.22. The molecular formula is C20H25ClN2O. The van der Waals surface area contributed by atoms with Crippen LogP contribution in [-0.2, 0) is 0 Å². The molecule has 0 amide bonds. The van der Waals surface area contributed by atoms with Gasteiger partial charge in [-0.3, -0.25) is 9.88 Å². The molecule has 128 valence electrons. The van der Waals surface area contributed by atoms with E-state index in [0.29, 0.717) is 6.04 Å². The molecule has 4 heterocycles. The van der Waals surface area contributed by atoms with Crippen molar-refractivity contribution in [1.29, 1.82) is 0 Å². The average molecular weight is 345 g/mol. The summed E-state index contributed by atoms with van der Waals surface area (Å²) in [6.45, 7) is 4.73. The number of aromatic nitrogens is 1. The number of methoxy groups -OCH3 is 1. The number of halogens is 1. The molecule has 1 aromatic carbocycles. The van der Waals surface area contributed by atoms with Crippen LogP contribution in [0.4, 0.5) is 0 Å². The molecule has 1 aromatic heterocycles. The van der Waals surface area contributed by atoms with Gasteiger partial charge >= 0.3 is 0 Å². The van der Waals surface area contributed by atoms with E-state index < -0.39 is 0 Å². The van der Waals surface area contributed by atoms with E-state index in [1.54, 1.807) is 7.11 Å². The van der Waals surface area contributed by atoms with Gasteiger partial charge < -0.3 is 4.74 Å². The molecule has 3 aliphatic rings. The molecular weight excluding hydrogens is 320 g/mol. The normalized spacial score (nSPS) is 30.5. The number of ether oxygens (including phenoxy) is 1. The highest BCUT2D eigenvalue weighted by Crippen LogP contribution is 2.45. The van der Waals surface area contributed by atoms with Crippen LogP contribution in [0.2, 0.25) is 0 Å². The molecule has 3 saturated heterocycles. The second kappa shape index (κ2) is 6.53. The van der Waals surface area contributed by atoms with E-state index in [2.05, 4.69) is 28.9 Å². The van der Waals surface area contributed by atoms with Crippen LogP contribution in [0.15, 0.2) is 30.5 Å². The van der Waals surface area contributed by atoms with Gasteiger partial charge in [-0.1, -0.05) is 13.3 Å². The first-order valence-electron chi connectivity index (χ1n) is 9.02. The van der Waals surface area contributed by atoms with Gasteiger partial charge in [0.05, 0.1) is 18.0 Å². The Kier molecular flexibility index (Phi) is 4.40. The number of pyridine rings is 1. The van der Waals surface area contributed by atoms with Gasteiger partial charge in [-0.15, -0.1) is 11.6 Å². The van der Waals surface area contributed by atoms with Crippen molar-refractivity contribution in [3.8, 4) is 5.75 Å². The molecule has 5 atom stereocenters. The minimum Gasteiger partial charge on any atom is -0.497 e. The van der Waals surface area contributed by atoms with Gasteiger partial charge in [0.25, 0.3) is 0 Å². The van der Waals surface area contributed by atoms with Gasteiger partial charge in [0.15, 0.2) is 0 Å². The average Bonchev–Trinajstić information content (AvgIpc) is 2.66. The lowest BCUT2D eigenvalue weighted by atomic mass is 9.73. The van der Waals surface area contributed by atoms with E-state index >= 15 is 0 Å². The van der Waals surface area contributed by atoms with Crippen molar-refractivity contribution in [2.45, 2.75) is 37.6 Å². The molecule has 1 unspecified atom stereocenters. The lowest BCUT2D eigenvalue weighted by Crippen LogP contribution is -2.54. The standard InChI is InChI=1S/C20H25ClN2O/c1-3-13-12-23-9-7-14(13)10-19(23)20(21)16-6-8-22-18-5-4-15(24-2)11-17(16)18/h4-6,8,11,13-14,19-20H,3,7,9-10,12H2,1-2H3/t13-,14-,19-,20+/m0/s1. The van der Waals surface area contributed by atoms with Crippen molar-refractivity contribution in [2.75, 3.05) is 20.2 Å². The van der Waals surface area contributed by atoms with Gasteiger partial charge in [0.2, 0.25) is 0 Å². The minimum atomic E-state index is 0.00297.